The van der Waals surface area contributed by atoms with Crippen molar-refractivity contribution >= 4 is 22.4 Å². The molecule has 1 saturated carbocycles. The highest BCUT2D eigenvalue weighted by molar-refractivity contribution is 7.14. The van der Waals surface area contributed by atoms with Gasteiger partial charge in [0.25, 0.3) is 5.91 Å². The van der Waals surface area contributed by atoms with Gasteiger partial charge in [0.05, 0.1) is 12.3 Å². The topological polar surface area (TPSA) is 51.2 Å². The third kappa shape index (κ3) is 2.91. The number of ether oxygens (including phenoxy) is 1. The van der Waals surface area contributed by atoms with Crippen LogP contribution in [0.5, 0.6) is 0 Å². The molecule has 1 aliphatic heterocycles. The molecule has 5 heteroatoms. The second-order valence-electron chi connectivity index (χ2n) is 5.99. The van der Waals surface area contributed by atoms with Gasteiger partial charge in [-0.2, -0.15) is 0 Å². The molecule has 1 N–H and O–H groups in total. The molecule has 114 valence electrons. The number of carbonyl (C=O) groups is 1. The molecule has 0 unspecified atom stereocenters. The van der Waals surface area contributed by atoms with E-state index in [1.165, 1.54) is 29.7 Å². The van der Waals surface area contributed by atoms with Gasteiger partial charge in [-0.3, -0.25) is 10.1 Å². The predicted molar refractivity (Wildman–Crippen MR) is 86.7 cm³/mol. The number of rotatable bonds is 4. The SMILES string of the molecule is O=C(Nc1nc(C2CC2)cs1)c1cccc([C@H]2CCOC2)c1. The number of amides is 1. The molecular formula is C17H18N2O2S. The van der Waals surface area contributed by atoms with Gasteiger partial charge in [0.2, 0.25) is 0 Å². The van der Waals surface area contributed by atoms with Crippen molar-refractivity contribution in [1.82, 2.24) is 4.98 Å². The Morgan fingerprint density at radius 1 is 1.27 bits per heavy atom. The van der Waals surface area contributed by atoms with Crippen LogP contribution in [0, 0.1) is 0 Å². The van der Waals surface area contributed by atoms with Crippen molar-refractivity contribution in [1.29, 1.82) is 0 Å². The van der Waals surface area contributed by atoms with Crippen molar-refractivity contribution in [3.8, 4) is 0 Å². The molecule has 0 bridgehead atoms. The molecule has 2 heterocycles. The molecule has 1 atom stereocenters. The molecule has 1 aromatic carbocycles. The zero-order valence-corrected chi connectivity index (χ0v) is 13.1. The Morgan fingerprint density at radius 2 is 2.18 bits per heavy atom. The van der Waals surface area contributed by atoms with Crippen molar-refractivity contribution in [2.24, 2.45) is 0 Å². The number of anilines is 1. The van der Waals surface area contributed by atoms with E-state index >= 15 is 0 Å². The summed E-state index contributed by atoms with van der Waals surface area (Å²) < 4.78 is 5.43. The summed E-state index contributed by atoms with van der Waals surface area (Å²) in [6, 6.07) is 7.85. The first kappa shape index (κ1) is 13.9. The van der Waals surface area contributed by atoms with E-state index in [1.54, 1.807) is 0 Å². The predicted octanol–water partition coefficient (Wildman–Crippen LogP) is 3.78. The number of thiazole rings is 1. The molecule has 1 amide bonds. The summed E-state index contributed by atoms with van der Waals surface area (Å²) in [6.45, 7) is 1.56. The third-order valence-electron chi connectivity index (χ3n) is 4.29. The average Bonchev–Trinajstić information content (AvgIpc) is 3.06. The number of nitrogens with one attached hydrogen (secondary N) is 1. The number of hydrogen-bond donors (Lipinski definition) is 1. The van der Waals surface area contributed by atoms with Gasteiger partial charge in [-0.15, -0.1) is 11.3 Å². The van der Waals surface area contributed by atoms with Crippen LogP contribution in [0.2, 0.25) is 0 Å². The number of hydrogen-bond acceptors (Lipinski definition) is 4. The van der Waals surface area contributed by atoms with Crippen LogP contribution in [0.25, 0.3) is 0 Å². The van der Waals surface area contributed by atoms with Crippen LogP contribution in [-0.4, -0.2) is 24.1 Å². The average molecular weight is 314 g/mol. The Labute approximate surface area is 133 Å². The molecule has 2 fully saturated rings. The van der Waals surface area contributed by atoms with E-state index in [0.29, 0.717) is 22.5 Å². The quantitative estimate of drug-likeness (QED) is 0.934. The first-order chi connectivity index (χ1) is 10.8. The first-order valence-corrected chi connectivity index (χ1v) is 8.62. The smallest absolute Gasteiger partial charge is 0.257 e. The second kappa shape index (κ2) is 5.82. The van der Waals surface area contributed by atoms with Crippen LogP contribution >= 0.6 is 11.3 Å². The molecule has 4 nitrogen and oxygen atoms in total. The molecule has 1 saturated heterocycles. The third-order valence-corrected chi connectivity index (χ3v) is 5.06. The molecule has 0 radical (unpaired) electrons. The van der Waals surface area contributed by atoms with Gasteiger partial charge in [-0.1, -0.05) is 12.1 Å². The number of carbonyl (C=O) groups excluding carboxylic acids is 1. The molecule has 2 aliphatic rings. The monoisotopic (exact) mass is 314 g/mol. The van der Waals surface area contributed by atoms with Crippen LogP contribution in [0.4, 0.5) is 5.13 Å². The van der Waals surface area contributed by atoms with Crippen molar-refractivity contribution in [2.75, 3.05) is 18.5 Å². The van der Waals surface area contributed by atoms with Crippen molar-refractivity contribution in [3.05, 3.63) is 46.5 Å². The van der Waals surface area contributed by atoms with E-state index in [4.69, 9.17) is 4.74 Å². The zero-order chi connectivity index (χ0) is 14.9. The molecule has 1 aliphatic carbocycles. The van der Waals surface area contributed by atoms with Crippen molar-refractivity contribution in [2.45, 2.75) is 31.1 Å². The van der Waals surface area contributed by atoms with E-state index in [1.807, 2.05) is 18.2 Å². The van der Waals surface area contributed by atoms with Gasteiger partial charge in [0.15, 0.2) is 5.13 Å². The van der Waals surface area contributed by atoms with Gasteiger partial charge in [-0.05, 0) is 37.0 Å². The minimum absolute atomic E-state index is 0.0857. The Hall–Kier alpha value is -1.72. The standard InChI is InChI=1S/C17H18N2O2S/c20-16(19-17-18-15(10-22-17)11-4-5-11)13-3-1-2-12(8-13)14-6-7-21-9-14/h1-3,8,10-11,14H,4-7,9H2,(H,18,19,20)/t14-/m0/s1. The van der Waals surface area contributed by atoms with Gasteiger partial charge in [0, 0.05) is 29.4 Å². The van der Waals surface area contributed by atoms with Crippen molar-refractivity contribution < 1.29 is 9.53 Å². The van der Waals surface area contributed by atoms with Gasteiger partial charge < -0.3 is 4.74 Å². The summed E-state index contributed by atoms with van der Waals surface area (Å²) in [6.07, 6.45) is 3.48. The van der Waals surface area contributed by atoms with Gasteiger partial charge in [0.1, 0.15) is 0 Å². The lowest BCUT2D eigenvalue weighted by atomic mass is 9.96. The minimum Gasteiger partial charge on any atom is -0.381 e. The summed E-state index contributed by atoms with van der Waals surface area (Å²) in [5, 5.41) is 5.67. The molecule has 1 aromatic heterocycles. The van der Waals surface area contributed by atoms with Crippen molar-refractivity contribution in [3.63, 3.8) is 0 Å². The Bertz CT molecular complexity index is 687. The molecule has 2 aromatic rings. The Morgan fingerprint density at radius 3 is 2.95 bits per heavy atom. The highest BCUT2D eigenvalue weighted by atomic mass is 32.1. The van der Waals surface area contributed by atoms with Crippen LogP contribution in [0.1, 0.15) is 52.7 Å². The Kier molecular flexibility index (Phi) is 3.68. The van der Waals surface area contributed by atoms with Crippen LogP contribution < -0.4 is 5.32 Å². The normalized spacial score (nSPS) is 21.0. The second-order valence-corrected chi connectivity index (χ2v) is 6.85. The number of aromatic nitrogens is 1. The summed E-state index contributed by atoms with van der Waals surface area (Å²) >= 11 is 1.51. The largest absolute Gasteiger partial charge is 0.381 e. The lowest BCUT2D eigenvalue weighted by Crippen LogP contribution is -2.12. The number of benzene rings is 1. The molecular weight excluding hydrogens is 296 g/mol. The summed E-state index contributed by atoms with van der Waals surface area (Å²) in [5.41, 5.74) is 2.99. The van der Waals surface area contributed by atoms with Crippen LogP contribution in [-0.2, 0) is 4.74 Å². The molecule has 0 spiro atoms. The van der Waals surface area contributed by atoms with Crippen LogP contribution in [0.15, 0.2) is 29.6 Å². The summed E-state index contributed by atoms with van der Waals surface area (Å²) in [5.74, 6) is 0.944. The van der Waals surface area contributed by atoms with Crippen LogP contribution in [0.3, 0.4) is 0 Å². The minimum atomic E-state index is -0.0857. The van der Waals surface area contributed by atoms with Gasteiger partial charge >= 0.3 is 0 Å². The summed E-state index contributed by atoms with van der Waals surface area (Å²) in [4.78, 5) is 16.9. The maximum atomic E-state index is 12.4. The highest BCUT2D eigenvalue weighted by Gasteiger charge is 2.26. The fraction of sp³-hybridized carbons (Fsp3) is 0.412. The highest BCUT2D eigenvalue weighted by Crippen LogP contribution is 2.40. The maximum absolute atomic E-state index is 12.4. The summed E-state index contributed by atoms with van der Waals surface area (Å²) in [7, 11) is 0. The maximum Gasteiger partial charge on any atom is 0.257 e. The zero-order valence-electron chi connectivity index (χ0n) is 12.2. The lowest BCUT2D eigenvalue weighted by molar-refractivity contribution is 0.102. The molecule has 4 rings (SSSR count). The van der Waals surface area contributed by atoms with E-state index in [-0.39, 0.29) is 5.91 Å². The first-order valence-electron chi connectivity index (χ1n) is 7.74. The van der Waals surface area contributed by atoms with E-state index < -0.39 is 0 Å². The molecule has 22 heavy (non-hydrogen) atoms. The lowest BCUT2D eigenvalue weighted by Gasteiger charge is -2.09. The Balaban J connectivity index is 1.47. The van der Waals surface area contributed by atoms with Gasteiger partial charge in [-0.25, -0.2) is 4.98 Å². The number of nitrogens with zero attached hydrogens (tertiary/aromatic N) is 1. The fourth-order valence-electron chi connectivity index (χ4n) is 2.81. The van der Waals surface area contributed by atoms with E-state index in [2.05, 4.69) is 21.7 Å². The fourth-order valence-corrected chi connectivity index (χ4v) is 3.60. The van der Waals surface area contributed by atoms with E-state index in [0.717, 1.165) is 25.3 Å². The van der Waals surface area contributed by atoms with E-state index in [9.17, 15) is 4.79 Å².